The SMILES string of the molecule is CCOP(=O)(OCC)C1CCC2CC[C@@H](c3ccc(F)cc3)N2C1=O. The lowest BCUT2D eigenvalue weighted by Gasteiger charge is -2.40. The van der Waals surface area contributed by atoms with Gasteiger partial charge in [-0.05, 0) is 57.2 Å². The minimum Gasteiger partial charge on any atom is -0.332 e. The van der Waals surface area contributed by atoms with Crippen LogP contribution in [0.4, 0.5) is 4.39 Å². The van der Waals surface area contributed by atoms with Crippen molar-refractivity contribution in [1.29, 1.82) is 0 Å². The van der Waals surface area contributed by atoms with Crippen LogP contribution in [0.25, 0.3) is 0 Å². The van der Waals surface area contributed by atoms with Crippen molar-refractivity contribution in [2.45, 2.75) is 57.3 Å². The molecule has 2 heterocycles. The molecule has 5 nitrogen and oxygen atoms in total. The lowest BCUT2D eigenvalue weighted by molar-refractivity contribution is -0.137. The van der Waals surface area contributed by atoms with Gasteiger partial charge in [0, 0.05) is 6.04 Å². The van der Waals surface area contributed by atoms with Crippen molar-refractivity contribution in [2.75, 3.05) is 13.2 Å². The van der Waals surface area contributed by atoms with Crippen molar-refractivity contribution >= 4 is 13.5 Å². The van der Waals surface area contributed by atoms with E-state index in [1.54, 1.807) is 26.0 Å². The number of amides is 1. The number of rotatable bonds is 6. The summed E-state index contributed by atoms with van der Waals surface area (Å²) in [5, 5.41) is 0. The smallest absolute Gasteiger partial charge is 0.332 e. The summed E-state index contributed by atoms with van der Waals surface area (Å²) in [6.45, 7) is 3.98. The Morgan fingerprint density at radius 2 is 1.68 bits per heavy atom. The highest BCUT2D eigenvalue weighted by Gasteiger charge is 2.51. The third-order valence-electron chi connectivity index (χ3n) is 5.07. The highest BCUT2D eigenvalue weighted by Crippen LogP contribution is 2.58. The van der Waals surface area contributed by atoms with E-state index in [2.05, 4.69) is 0 Å². The molecule has 0 radical (unpaired) electrons. The first-order valence-corrected chi connectivity index (χ1v) is 10.6. The molecule has 1 aromatic carbocycles. The lowest BCUT2D eigenvalue weighted by atomic mass is 10.0. The average molecular weight is 369 g/mol. The second kappa shape index (κ2) is 7.56. The predicted molar refractivity (Wildman–Crippen MR) is 92.9 cm³/mol. The van der Waals surface area contributed by atoms with Crippen LogP contribution in [0.1, 0.15) is 51.1 Å². The summed E-state index contributed by atoms with van der Waals surface area (Å²) in [5.74, 6) is -0.452. The van der Waals surface area contributed by atoms with Crippen LogP contribution in [-0.4, -0.2) is 35.7 Å². The number of fused-ring (bicyclic) bond motifs is 1. The van der Waals surface area contributed by atoms with Crippen LogP contribution in [0, 0.1) is 5.82 Å². The van der Waals surface area contributed by atoms with E-state index in [9.17, 15) is 13.8 Å². The number of hydrogen-bond acceptors (Lipinski definition) is 4. The van der Waals surface area contributed by atoms with Gasteiger partial charge in [-0.25, -0.2) is 4.39 Å². The maximum absolute atomic E-state index is 13.2. The fourth-order valence-corrected chi connectivity index (χ4v) is 6.05. The molecule has 138 valence electrons. The van der Waals surface area contributed by atoms with Crippen LogP contribution in [0.15, 0.2) is 24.3 Å². The Morgan fingerprint density at radius 3 is 2.28 bits per heavy atom. The zero-order chi connectivity index (χ0) is 18.0. The number of halogens is 1. The van der Waals surface area contributed by atoms with Crippen molar-refractivity contribution in [3.63, 3.8) is 0 Å². The van der Waals surface area contributed by atoms with Crippen LogP contribution in [0.3, 0.4) is 0 Å². The topological polar surface area (TPSA) is 55.8 Å². The summed E-state index contributed by atoms with van der Waals surface area (Å²) in [5.41, 5.74) is 0.172. The number of benzene rings is 1. The van der Waals surface area contributed by atoms with Gasteiger partial charge in [0.25, 0.3) is 0 Å². The van der Waals surface area contributed by atoms with Crippen molar-refractivity contribution in [3.8, 4) is 0 Å². The van der Waals surface area contributed by atoms with Gasteiger partial charge in [-0.3, -0.25) is 9.36 Å². The first-order chi connectivity index (χ1) is 12.0. The standard InChI is InChI=1S/C18H25FNO4P/c1-3-23-25(22,24-4-2)17-12-10-15-9-11-16(20(15)18(17)21)13-5-7-14(19)8-6-13/h5-8,15-17H,3-4,9-12H2,1-2H3/t15?,16-,17?/m0/s1. The molecule has 1 amide bonds. The van der Waals surface area contributed by atoms with E-state index in [-0.39, 0.29) is 37.0 Å². The molecule has 2 saturated heterocycles. The molecular formula is C18H25FNO4P. The van der Waals surface area contributed by atoms with Crippen molar-refractivity contribution in [3.05, 3.63) is 35.6 Å². The molecule has 7 heteroatoms. The van der Waals surface area contributed by atoms with Crippen LogP contribution in [-0.2, 0) is 18.4 Å². The van der Waals surface area contributed by atoms with Crippen molar-refractivity contribution in [1.82, 2.24) is 4.90 Å². The van der Waals surface area contributed by atoms with Crippen molar-refractivity contribution < 1.29 is 22.8 Å². The summed E-state index contributed by atoms with van der Waals surface area (Å²) in [7, 11) is -3.48. The van der Waals surface area contributed by atoms with Gasteiger partial charge in [0.1, 0.15) is 11.5 Å². The lowest BCUT2D eigenvalue weighted by Crippen LogP contribution is -2.48. The highest BCUT2D eigenvalue weighted by atomic mass is 31.2. The Balaban J connectivity index is 1.87. The molecule has 0 bridgehead atoms. The van der Waals surface area contributed by atoms with Crippen LogP contribution in [0.5, 0.6) is 0 Å². The molecule has 2 aliphatic heterocycles. The first kappa shape index (κ1) is 18.6. The molecule has 3 atom stereocenters. The van der Waals surface area contributed by atoms with E-state index < -0.39 is 13.3 Å². The van der Waals surface area contributed by atoms with E-state index in [4.69, 9.17) is 9.05 Å². The molecule has 3 rings (SSSR count). The fourth-order valence-electron chi connectivity index (χ4n) is 4.03. The Kier molecular flexibility index (Phi) is 5.62. The minimum absolute atomic E-state index is 0.0994. The summed E-state index contributed by atoms with van der Waals surface area (Å²) in [6.07, 6.45) is 3.06. The molecule has 0 aromatic heterocycles. The molecule has 0 aliphatic carbocycles. The maximum Gasteiger partial charge on any atom is 0.343 e. The zero-order valence-corrected chi connectivity index (χ0v) is 15.6. The Morgan fingerprint density at radius 1 is 1.08 bits per heavy atom. The molecule has 2 aliphatic rings. The number of hydrogen-bond donors (Lipinski definition) is 0. The van der Waals surface area contributed by atoms with Gasteiger partial charge in [0.15, 0.2) is 0 Å². The van der Waals surface area contributed by atoms with Gasteiger partial charge in [0.2, 0.25) is 5.91 Å². The second-order valence-corrected chi connectivity index (χ2v) is 8.73. The fraction of sp³-hybridized carbons (Fsp3) is 0.611. The Labute approximate surface area is 148 Å². The van der Waals surface area contributed by atoms with E-state index in [1.807, 2.05) is 4.90 Å². The van der Waals surface area contributed by atoms with Crippen LogP contribution >= 0.6 is 7.60 Å². The molecule has 25 heavy (non-hydrogen) atoms. The Bertz CT molecular complexity index is 656. The van der Waals surface area contributed by atoms with Gasteiger partial charge >= 0.3 is 7.60 Å². The largest absolute Gasteiger partial charge is 0.343 e. The first-order valence-electron chi connectivity index (χ1n) is 8.96. The normalized spacial score (nSPS) is 26.8. The summed E-state index contributed by atoms with van der Waals surface area (Å²) in [4.78, 5) is 15.0. The number of carbonyl (C=O) groups excluding carboxylic acids is 1. The predicted octanol–water partition coefficient (Wildman–Crippen LogP) is 4.29. The number of piperidine rings is 1. The zero-order valence-electron chi connectivity index (χ0n) is 14.7. The van der Waals surface area contributed by atoms with E-state index >= 15 is 0 Å². The van der Waals surface area contributed by atoms with E-state index in [0.717, 1.165) is 24.8 Å². The number of nitrogens with zero attached hydrogens (tertiary/aromatic N) is 1. The summed E-state index contributed by atoms with van der Waals surface area (Å²) in [6, 6.07) is 6.33. The Hall–Kier alpha value is -1.23. The molecule has 2 fully saturated rings. The molecule has 2 unspecified atom stereocenters. The van der Waals surface area contributed by atoms with Gasteiger partial charge in [-0.15, -0.1) is 0 Å². The summed E-state index contributed by atoms with van der Waals surface area (Å²) < 4.78 is 37.2. The van der Waals surface area contributed by atoms with Gasteiger partial charge in [-0.1, -0.05) is 12.1 Å². The third-order valence-corrected chi connectivity index (χ3v) is 7.55. The van der Waals surface area contributed by atoms with Crippen LogP contribution in [0.2, 0.25) is 0 Å². The van der Waals surface area contributed by atoms with E-state index in [1.165, 1.54) is 12.1 Å². The molecule has 0 N–H and O–H groups in total. The average Bonchev–Trinajstić information content (AvgIpc) is 3.01. The van der Waals surface area contributed by atoms with E-state index in [0.29, 0.717) is 6.42 Å². The highest BCUT2D eigenvalue weighted by molar-refractivity contribution is 7.55. The van der Waals surface area contributed by atoms with Gasteiger partial charge in [-0.2, -0.15) is 0 Å². The monoisotopic (exact) mass is 369 g/mol. The maximum atomic E-state index is 13.2. The van der Waals surface area contributed by atoms with Crippen LogP contribution < -0.4 is 0 Å². The third kappa shape index (κ3) is 3.53. The summed E-state index contributed by atoms with van der Waals surface area (Å²) >= 11 is 0. The van der Waals surface area contributed by atoms with Gasteiger partial charge < -0.3 is 13.9 Å². The number of carbonyl (C=O) groups is 1. The molecule has 0 spiro atoms. The molecule has 1 aromatic rings. The molecule has 0 saturated carbocycles. The second-order valence-electron chi connectivity index (χ2n) is 6.51. The van der Waals surface area contributed by atoms with Gasteiger partial charge in [0.05, 0.1) is 19.3 Å². The minimum atomic E-state index is -3.48. The molecular weight excluding hydrogens is 344 g/mol. The quantitative estimate of drug-likeness (QED) is 0.702. The van der Waals surface area contributed by atoms with Crippen molar-refractivity contribution in [2.24, 2.45) is 0 Å².